The molecule has 4 rings (SSSR count). The minimum absolute atomic E-state index is 0.195. The van der Waals surface area contributed by atoms with E-state index in [0.29, 0.717) is 40.4 Å². The zero-order chi connectivity index (χ0) is 22.6. The molecule has 0 saturated heterocycles. The number of hydrogen-bond donors (Lipinski definition) is 0. The second-order valence-electron chi connectivity index (χ2n) is 7.15. The Labute approximate surface area is 187 Å². The maximum Gasteiger partial charge on any atom is 0.416 e. The monoisotopic (exact) mass is 459 g/mol. The van der Waals surface area contributed by atoms with Gasteiger partial charge in [0.05, 0.1) is 18.4 Å². The molecule has 0 N–H and O–H groups in total. The smallest absolute Gasteiger partial charge is 0.416 e. The molecule has 0 fully saturated rings. The molecule has 0 spiro atoms. The highest BCUT2D eigenvalue weighted by molar-refractivity contribution is 7.98. The Morgan fingerprint density at radius 1 is 1.03 bits per heavy atom. The van der Waals surface area contributed by atoms with Gasteiger partial charge in [-0.3, -0.25) is 4.57 Å². The standard InChI is InChI=1S/C23H20F3N3O2S/c1-16-7-9-19(10-8-16)31-14-21-27-28-22(29(21)13-20-6-3-11-30-20)32-15-17-4-2-5-18(12-17)23(24,25)26/h2-12H,13-15H2,1H3. The molecular weight excluding hydrogens is 439 g/mol. The molecule has 2 aromatic heterocycles. The second kappa shape index (κ2) is 9.52. The van der Waals surface area contributed by atoms with Crippen LogP contribution in [0.5, 0.6) is 5.75 Å². The summed E-state index contributed by atoms with van der Waals surface area (Å²) in [6.07, 6.45) is -2.79. The summed E-state index contributed by atoms with van der Waals surface area (Å²) in [5, 5.41) is 9.06. The summed E-state index contributed by atoms with van der Waals surface area (Å²) in [5.41, 5.74) is 1.02. The average molecular weight is 459 g/mol. The number of aryl methyl sites for hydroxylation is 1. The lowest BCUT2D eigenvalue weighted by Crippen LogP contribution is -2.09. The number of benzene rings is 2. The van der Waals surface area contributed by atoms with E-state index in [1.54, 1.807) is 18.4 Å². The molecule has 0 aliphatic heterocycles. The summed E-state index contributed by atoms with van der Waals surface area (Å²) >= 11 is 1.31. The molecular formula is C23H20F3N3O2S. The Hall–Kier alpha value is -3.20. The van der Waals surface area contributed by atoms with Crippen molar-refractivity contribution in [1.82, 2.24) is 14.8 Å². The van der Waals surface area contributed by atoms with Crippen molar-refractivity contribution in [2.45, 2.75) is 37.2 Å². The van der Waals surface area contributed by atoms with Crippen molar-refractivity contribution in [3.63, 3.8) is 0 Å². The van der Waals surface area contributed by atoms with Gasteiger partial charge in [0.15, 0.2) is 11.0 Å². The van der Waals surface area contributed by atoms with Crippen LogP contribution in [0.15, 0.2) is 76.5 Å². The minimum Gasteiger partial charge on any atom is -0.486 e. The topological polar surface area (TPSA) is 53.1 Å². The molecule has 9 heteroatoms. The van der Waals surface area contributed by atoms with E-state index in [-0.39, 0.29) is 6.61 Å². The number of halogens is 3. The van der Waals surface area contributed by atoms with Crippen molar-refractivity contribution in [2.24, 2.45) is 0 Å². The van der Waals surface area contributed by atoms with Crippen LogP contribution in [0, 0.1) is 6.92 Å². The molecule has 0 unspecified atom stereocenters. The first kappa shape index (κ1) is 22.0. The molecule has 2 heterocycles. The number of alkyl halides is 3. The van der Waals surface area contributed by atoms with Gasteiger partial charge in [-0.05, 0) is 42.8 Å². The molecule has 166 valence electrons. The molecule has 2 aromatic carbocycles. The van der Waals surface area contributed by atoms with Gasteiger partial charge in [-0.2, -0.15) is 13.2 Å². The summed E-state index contributed by atoms with van der Waals surface area (Å²) < 4.78 is 52.2. The van der Waals surface area contributed by atoms with Crippen LogP contribution in [0.2, 0.25) is 0 Å². The molecule has 0 saturated carbocycles. The van der Waals surface area contributed by atoms with Crippen LogP contribution < -0.4 is 4.74 Å². The van der Waals surface area contributed by atoms with Crippen LogP contribution in [-0.2, 0) is 25.1 Å². The Bertz CT molecular complexity index is 1160. The average Bonchev–Trinajstić information content (AvgIpc) is 3.42. The number of nitrogens with zero attached hydrogens (tertiary/aromatic N) is 3. The second-order valence-corrected chi connectivity index (χ2v) is 8.10. The third-order valence-electron chi connectivity index (χ3n) is 4.70. The first-order chi connectivity index (χ1) is 15.4. The Morgan fingerprint density at radius 2 is 1.84 bits per heavy atom. The maximum atomic E-state index is 13.0. The predicted molar refractivity (Wildman–Crippen MR) is 114 cm³/mol. The lowest BCUT2D eigenvalue weighted by Gasteiger charge is -2.11. The van der Waals surface area contributed by atoms with E-state index in [9.17, 15) is 13.2 Å². The van der Waals surface area contributed by atoms with Gasteiger partial charge in [-0.1, -0.05) is 47.7 Å². The van der Waals surface area contributed by atoms with E-state index in [2.05, 4.69) is 10.2 Å². The first-order valence-corrected chi connectivity index (χ1v) is 10.8. The quantitative estimate of drug-likeness (QED) is 0.297. The SMILES string of the molecule is Cc1ccc(OCc2nnc(SCc3cccc(C(F)(F)F)c3)n2Cc2ccco2)cc1. The van der Waals surface area contributed by atoms with E-state index in [4.69, 9.17) is 9.15 Å². The number of ether oxygens (including phenoxy) is 1. The lowest BCUT2D eigenvalue weighted by atomic mass is 10.1. The summed E-state index contributed by atoms with van der Waals surface area (Å²) in [7, 11) is 0. The Balaban J connectivity index is 1.51. The van der Waals surface area contributed by atoms with E-state index in [0.717, 1.165) is 17.7 Å². The van der Waals surface area contributed by atoms with Crippen LogP contribution in [-0.4, -0.2) is 14.8 Å². The zero-order valence-electron chi connectivity index (χ0n) is 17.2. The Morgan fingerprint density at radius 3 is 2.56 bits per heavy atom. The van der Waals surface area contributed by atoms with Crippen LogP contribution in [0.25, 0.3) is 0 Å². The number of aromatic nitrogens is 3. The predicted octanol–water partition coefficient (Wildman–Crippen LogP) is 6.12. The highest BCUT2D eigenvalue weighted by Gasteiger charge is 2.30. The van der Waals surface area contributed by atoms with Gasteiger partial charge in [0.25, 0.3) is 0 Å². The zero-order valence-corrected chi connectivity index (χ0v) is 18.0. The van der Waals surface area contributed by atoms with E-state index < -0.39 is 11.7 Å². The van der Waals surface area contributed by atoms with Crippen molar-refractivity contribution >= 4 is 11.8 Å². The largest absolute Gasteiger partial charge is 0.486 e. The van der Waals surface area contributed by atoms with Crippen molar-refractivity contribution in [3.8, 4) is 5.75 Å². The van der Waals surface area contributed by atoms with Crippen LogP contribution in [0.4, 0.5) is 13.2 Å². The van der Waals surface area contributed by atoms with Gasteiger partial charge >= 0.3 is 6.18 Å². The van der Waals surface area contributed by atoms with Crippen LogP contribution >= 0.6 is 11.8 Å². The summed E-state index contributed by atoms with van der Waals surface area (Å²) in [4.78, 5) is 0. The van der Waals surface area contributed by atoms with Crippen molar-refractivity contribution in [2.75, 3.05) is 0 Å². The van der Waals surface area contributed by atoms with Gasteiger partial charge in [-0.15, -0.1) is 10.2 Å². The fraction of sp³-hybridized carbons (Fsp3) is 0.217. The van der Waals surface area contributed by atoms with E-state index in [1.165, 1.54) is 17.8 Å². The summed E-state index contributed by atoms with van der Waals surface area (Å²) in [6.45, 7) is 2.58. The highest BCUT2D eigenvalue weighted by Crippen LogP contribution is 2.31. The molecule has 0 bridgehead atoms. The molecule has 0 radical (unpaired) electrons. The van der Waals surface area contributed by atoms with Gasteiger partial charge in [0, 0.05) is 5.75 Å². The normalized spacial score (nSPS) is 11.6. The van der Waals surface area contributed by atoms with Crippen molar-refractivity contribution in [3.05, 3.63) is 95.2 Å². The molecule has 0 aliphatic rings. The number of hydrogen-bond acceptors (Lipinski definition) is 5. The fourth-order valence-electron chi connectivity index (χ4n) is 3.02. The molecule has 5 nitrogen and oxygen atoms in total. The highest BCUT2D eigenvalue weighted by atomic mass is 32.2. The summed E-state index contributed by atoms with van der Waals surface area (Å²) in [5.74, 6) is 2.33. The molecule has 0 amide bonds. The van der Waals surface area contributed by atoms with Crippen LogP contribution in [0.1, 0.15) is 28.3 Å². The number of thioether (sulfide) groups is 1. The summed E-state index contributed by atoms with van der Waals surface area (Å²) in [6, 6.07) is 16.6. The maximum absolute atomic E-state index is 13.0. The van der Waals surface area contributed by atoms with E-state index >= 15 is 0 Å². The van der Waals surface area contributed by atoms with Crippen molar-refractivity contribution < 1.29 is 22.3 Å². The van der Waals surface area contributed by atoms with Crippen molar-refractivity contribution in [1.29, 1.82) is 0 Å². The minimum atomic E-state index is -4.37. The van der Waals surface area contributed by atoms with Crippen LogP contribution in [0.3, 0.4) is 0 Å². The van der Waals surface area contributed by atoms with E-state index in [1.807, 2.05) is 41.8 Å². The fourth-order valence-corrected chi connectivity index (χ4v) is 3.92. The molecule has 4 aromatic rings. The third-order valence-corrected chi connectivity index (χ3v) is 5.74. The first-order valence-electron chi connectivity index (χ1n) is 9.81. The number of furan rings is 1. The van der Waals surface area contributed by atoms with Gasteiger partial charge in [-0.25, -0.2) is 0 Å². The van der Waals surface area contributed by atoms with Gasteiger partial charge in [0.2, 0.25) is 0 Å². The lowest BCUT2D eigenvalue weighted by molar-refractivity contribution is -0.137. The number of rotatable bonds is 8. The third kappa shape index (κ3) is 5.53. The Kier molecular flexibility index (Phi) is 6.55. The van der Waals surface area contributed by atoms with Gasteiger partial charge in [0.1, 0.15) is 18.1 Å². The molecule has 0 atom stereocenters. The molecule has 0 aliphatic carbocycles. The van der Waals surface area contributed by atoms with Gasteiger partial charge < -0.3 is 9.15 Å². The molecule has 32 heavy (non-hydrogen) atoms.